The maximum Gasteiger partial charge on any atom is 0.387 e. The van der Waals surface area contributed by atoms with Crippen molar-refractivity contribution in [1.82, 2.24) is 14.8 Å². The summed E-state index contributed by atoms with van der Waals surface area (Å²) in [6.45, 7) is 1.21. The molecule has 2 aliphatic rings. The SMILES string of the molecule is CC(C)n1nc(-c2cnc(N)c(OC(F)F)c2)cc1C1C2CC(Cl)CC21. The molecule has 0 radical (unpaired) electrons. The zero-order valence-electron chi connectivity index (χ0n) is 14.6. The minimum atomic E-state index is -2.95. The van der Waals surface area contributed by atoms with Gasteiger partial charge in [0, 0.05) is 34.8 Å². The van der Waals surface area contributed by atoms with E-state index in [4.69, 9.17) is 22.4 Å². The van der Waals surface area contributed by atoms with Crippen molar-refractivity contribution in [2.45, 2.75) is 50.6 Å². The maximum absolute atomic E-state index is 12.5. The zero-order valence-corrected chi connectivity index (χ0v) is 15.3. The van der Waals surface area contributed by atoms with Gasteiger partial charge in [0.05, 0.1) is 5.69 Å². The van der Waals surface area contributed by atoms with E-state index in [1.54, 1.807) is 0 Å². The van der Waals surface area contributed by atoms with Crippen LogP contribution in [0.1, 0.15) is 44.3 Å². The Bertz CT molecular complexity index is 814. The molecular weight excluding hydrogens is 362 g/mol. The largest absolute Gasteiger partial charge is 0.431 e. The summed E-state index contributed by atoms with van der Waals surface area (Å²) in [5.41, 5.74) is 8.10. The van der Waals surface area contributed by atoms with Crippen molar-refractivity contribution < 1.29 is 13.5 Å². The first-order chi connectivity index (χ1) is 12.3. The van der Waals surface area contributed by atoms with E-state index in [-0.39, 0.29) is 23.0 Å². The molecule has 2 aliphatic carbocycles. The molecule has 0 aromatic carbocycles. The molecule has 2 atom stereocenters. The Morgan fingerprint density at radius 3 is 2.58 bits per heavy atom. The van der Waals surface area contributed by atoms with Crippen molar-refractivity contribution in [3.8, 4) is 17.0 Å². The lowest BCUT2D eigenvalue weighted by Gasteiger charge is -2.13. The molecule has 8 heteroatoms. The second-order valence-corrected chi connectivity index (χ2v) is 8.02. The lowest BCUT2D eigenvalue weighted by atomic mass is 10.1. The van der Waals surface area contributed by atoms with Crippen LogP contribution < -0.4 is 10.5 Å². The number of aromatic nitrogens is 3. The number of rotatable bonds is 5. The highest BCUT2D eigenvalue weighted by atomic mass is 35.5. The number of nitrogens with zero attached hydrogens (tertiary/aromatic N) is 3. The topological polar surface area (TPSA) is 66.0 Å². The summed E-state index contributed by atoms with van der Waals surface area (Å²) in [5, 5.41) is 4.98. The lowest BCUT2D eigenvalue weighted by molar-refractivity contribution is -0.0494. The Morgan fingerprint density at radius 1 is 1.27 bits per heavy atom. The number of nitrogen functional groups attached to an aromatic ring is 1. The number of nitrogens with two attached hydrogens (primary N) is 1. The second-order valence-electron chi connectivity index (χ2n) is 7.40. The predicted octanol–water partition coefficient (Wildman–Crippen LogP) is 4.44. The van der Waals surface area contributed by atoms with Gasteiger partial charge in [0.25, 0.3) is 0 Å². The van der Waals surface area contributed by atoms with Crippen molar-refractivity contribution in [2.24, 2.45) is 11.8 Å². The fraction of sp³-hybridized carbons (Fsp3) is 0.556. The Morgan fingerprint density at radius 2 is 1.96 bits per heavy atom. The van der Waals surface area contributed by atoms with Gasteiger partial charge in [-0.25, -0.2) is 4.98 Å². The monoisotopic (exact) mass is 382 g/mol. The molecule has 2 aromatic heterocycles. The average molecular weight is 383 g/mol. The highest BCUT2D eigenvalue weighted by molar-refractivity contribution is 6.20. The number of alkyl halides is 3. The van der Waals surface area contributed by atoms with E-state index in [0.717, 1.165) is 12.8 Å². The molecule has 0 bridgehead atoms. The normalized spacial score (nSPS) is 27.2. The Balaban J connectivity index is 1.67. The third-order valence-electron chi connectivity index (χ3n) is 5.38. The number of fused-ring (bicyclic) bond motifs is 1. The van der Waals surface area contributed by atoms with Crippen LogP contribution in [0.2, 0.25) is 0 Å². The summed E-state index contributed by atoms with van der Waals surface area (Å²) < 4.78 is 31.6. The van der Waals surface area contributed by atoms with Gasteiger partial charge in [0.1, 0.15) is 0 Å². The minimum absolute atomic E-state index is 0.0672. The van der Waals surface area contributed by atoms with E-state index in [9.17, 15) is 8.78 Å². The molecule has 0 spiro atoms. The van der Waals surface area contributed by atoms with Crippen molar-refractivity contribution in [2.75, 3.05) is 5.73 Å². The average Bonchev–Trinajstić information content (AvgIpc) is 2.94. The minimum Gasteiger partial charge on any atom is -0.431 e. The van der Waals surface area contributed by atoms with Crippen LogP contribution in [0.3, 0.4) is 0 Å². The van der Waals surface area contributed by atoms with Crippen molar-refractivity contribution >= 4 is 17.4 Å². The maximum atomic E-state index is 12.5. The fourth-order valence-electron chi connectivity index (χ4n) is 4.21. The molecule has 2 unspecified atom stereocenters. The van der Waals surface area contributed by atoms with Crippen LogP contribution in [0.15, 0.2) is 18.3 Å². The summed E-state index contributed by atoms with van der Waals surface area (Å²) >= 11 is 6.25. The number of halogens is 3. The van der Waals surface area contributed by atoms with Crippen LogP contribution in [0, 0.1) is 11.8 Å². The Hall–Kier alpha value is -1.89. The van der Waals surface area contributed by atoms with Gasteiger partial charge in [-0.2, -0.15) is 13.9 Å². The van der Waals surface area contributed by atoms with Crippen LogP contribution in [-0.2, 0) is 0 Å². The highest BCUT2D eigenvalue weighted by Crippen LogP contribution is 2.64. The quantitative estimate of drug-likeness (QED) is 0.776. The summed E-state index contributed by atoms with van der Waals surface area (Å²) in [6.07, 6.45) is 3.63. The van der Waals surface area contributed by atoms with Gasteiger partial charge in [-0.05, 0) is 50.7 Å². The van der Waals surface area contributed by atoms with Crippen LogP contribution in [0.4, 0.5) is 14.6 Å². The van der Waals surface area contributed by atoms with Crippen LogP contribution in [-0.4, -0.2) is 26.8 Å². The first kappa shape index (κ1) is 17.5. The van der Waals surface area contributed by atoms with Crippen LogP contribution >= 0.6 is 11.6 Å². The van der Waals surface area contributed by atoms with E-state index < -0.39 is 6.61 Å². The molecular formula is C18H21ClF2N4O. The number of hydrogen-bond donors (Lipinski definition) is 1. The summed E-state index contributed by atoms with van der Waals surface area (Å²) in [6, 6.07) is 3.70. The third-order valence-corrected chi connectivity index (χ3v) is 5.73. The number of hydrogen-bond acceptors (Lipinski definition) is 4. The number of anilines is 1. The van der Waals surface area contributed by atoms with Gasteiger partial charge >= 0.3 is 6.61 Å². The van der Waals surface area contributed by atoms with Gasteiger partial charge in [-0.15, -0.1) is 11.6 Å². The zero-order chi connectivity index (χ0) is 18.6. The molecule has 4 rings (SSSR count). The summed E-state index contributed by atoms with van der Waals surface area (Å²) in [7, 11) is 0. The van der Waals surface area contributed by atoms with E-state index >= 15 is 0 Å². The van der Waals surface area contributed by atoms with Crippen molar-refractivity contribution in [3.05, 3.63) is 24.0 Å². The first-order valence-corrected chi connectivity index (χ1v) is 9.23. The first-order valence-electron chi connectivity index (χ1n) is 8.79. The summed E-state index contributed by atoms with van der Waals surface area (Å²) in [4.78, 5) is 3.97. The number of pyridine rings is 1. The Kier molecular flexibility index (Phi) is 4.29. The van der Waals surface area contributed by atoms with Gasteiger partial charge in [-0.3, -0.25) is 4.68 Å². The van der Waals surface area contributed by atoms with Gasteiger partial charge in [0.2, 0.25) is 0 Å². The second kappa shape index (κ2) is 6.37. The molecule has 2 aromatic rings. The molecule has 0 saturated heterocycles. The molecule has 0 aliphatic heterocycles. The van der Waals surface area contributed by atoms with E-state index in [1.807, 2.05) is 10.7 Å². The van der Waals surface area contributed by atoms with E-state index in [0.29, 0.717) is 29.0 Å². The number of ether oxygens (including phenoxy) is 1. The van der Waals surface area contributed by atoms with Crippen molar-refractivity contribution in [3.63, 3.8) is 0 Å². The molecule has 0 amide bonds. The molecule has 140 valence electrons. The van der Waals surface area contributed by atoms with E-state index in [2.05, 4.69) is 23.6 Å². The predicted molar refractivity (Wildman–Crippen MR) is 95.5 cm³/mol. The molecule has 2 saturated carbocycles. The lowest BCUT2D eigenvalue weighted by Crippen LogP contribution is -2.09. The fourth-order valence-corrected chi connectivity index (χ4v) is 4.62. The standard InChI is InChI=1S/C18H21ClF2N4O/c1-8(2)25-14(16-11-4-10(19)5-12(11)16)6-13(24-25)9-3-15(26-18(20)21)17(22)23-7-9/h3,6-8,10-12,16,18H,4-5H2,1-2H3,(H2,22,23). The molecule has 2 fully saturated rings. The third kappa shape index (κ3) is 3.02. The van der Waals surface area contributed by atoms with Gasteiger partial charge in [0.15, 0.2) is 11.6 Å². The van der Waals surface area contributed by atoms with Crippen LogP contribution in [0.25, 0.3) is 11.3 Å². The highest BCUT2D eigenvalue weighted by Gasteiger charge is 2.57. The molecule has 5 nitrogen and oxygen atoms in total. The smallest absolute Gasteiger partial charge is 0.387 e. The van der Waals surface area contributed by atoms with E-state index in [1.165, 1.54) is 18.0 Å². The molecule has 26 heavy (non-hydrogen) atoms. The summed E-state index contributed by atoms with van der Waals surface area (Å²) in [5.74, 6) is 1.53. The van der Waals surface area contributed by atoms with Crippen LogP contribution in [0.5, 0.6) is 5.75 Å². The van der Waals surface area contributed by atoms with Gasteiger partial charge < -0.3 is 10.5 Å². The van der Waals surface area contributed by atoms with Gasteiger partial charge in [-0.1, -0.05) is 0 Å². The van der Waals surface area contributed by atoms with Crippen molar-refractivity contribution in [1.29, 1.82) is 0 Å². The molecule has 2 N–H and O–H groups in total. The Labute approximate surface area is 155 Å². The molecule has 2 heterocycles.